The van der Waals surface area contributed by atoms with Crippen LogP contribution in [0.3, 0.4) is 0 Å². The number of hydrogen-bond acceptors (Lipinski definition) is 4. The quantitative estimate of drug-likeness (QED) is 0.274. The first-order valence-electron chi connectivity index (χ1n) is 12.0. The Hall–Kier alpha value is -4.49. The topological polar surface area (TPSA) is 76.2 Å². The molecule has 7 nitrogen and oxygen atoms in total. The maximum atomic E-state index is 13.5. The van der Waals surface area contributed by atoms with Gasteiger partial charge < -0.3 is 10.6 Å². The zero-order valence-electron chi connectivity index (χ0n) is 20.1. The van der Waals surface area contributed by atoms with Crippen LogP contribution in [0.4, 0.5) is 24.5 Å². The molecule has 10 heteroatoms. The molecule has 1 aliphatic carbocycles. The summed E-state index contributed by atoms with van der Waals surface area (Å²) in [5, 5.41) is 9.92. The smallest absolute Gasteiger partial charge is 0.321 e. The number of pyridine rings is 1. The number of nitrogens with one attached hydrogen (secondary N) is 2. The Morgan fingerprint density at radius 2 is 1.87 bits per heavy atom. The maximum absolute atomic E-state index is 13.5. The van der Waals surface area contributed by atoms with Crippen LogP contribution in [0.2, 0.25) is 0 Å². The van der Waals surface area contributed by atoms with Crippen molar-refractivity contribution in [3.63, 3.8) is 0 Å². The van der Waals surface area contributed by atoms with Crippen LogP contribution in [-0.4, -0.2) is 27.2 Å². The highest BCUT2D eigenvalue weighted by Gasteiger charge is 2.36. The van der Waals surface area contributed by atoms with Crippen LogP contribution < -0.4 is 10.6 Å². The van der Waals surface area contributed by atoms with E-state index in [1.807, 2.05) is 18.2 Å². The zero-order chi connectivity index (χ0) is 26.7. The molecule has 2 N–H and O–H groups in total. The molecule has 1 fully saturated rings. The fraction of sp³-hybridized carbons (Fsp3) is 0.214. The number of carbonyl (C=O) groups excluding carboxylic acids is 1. The maximum Gasteiger partial charge on any atom is 0.435 e. The molecule has 1 unspecified atom stereocenters. The average molecular weight is 517 g/mol. The minimum Gasteiger partial charge on any atom is -0.321 e. The van der Waals surface area contributed by atoms with Gasteiger partial charge in [0.05, 0.1) is 18.3 Å². The van der Waals surface area contributed by atoms with Gasteiger partial charge in [-0.1, -0.05) is 30.3 Å². The molecule has 192 valence electrons. The summed E-state index contributed by atoms with van der Waals surface area (Å²) in [6.45, 7) is 8.04. The number of nitrogens with zero attached hydrogens (tertiary/aromatic N) is 4. The van der Waals surface area contributed by atoms with Crippen LogP contribution in [0.15, 0.2) is 79.1 Å². The van der Waals surface area contributed by atoms with E-state index in [2.05, 4.69) is 25.6 Å². The number of rotatable bonds is 8. The van der Waals surface area contributed by atoms with E-state index in [-0.39, 0.29) is 23.1 Å². The predicted molar refractivity (Wildman–Crippen MR) is 136 cm³/mol. The van der Waals surface area contributed by atoms with Gasteiger partial charge in [-0.05, 0) is 66.8 Å². The van der Waals surface area contributed by atoms with Crippen molar-refractivity contribution in [1.82, 2.24) is 20.1 Å². The van der Waals surface area contributed by atoms with E-state index in [1.54, 1.807) is 30.6 Å². The van der Waals surface area contributed by atoms with Crippen molar-refractivity contribution in [2.45, 2.75) is 25.1 Å². The van der Waals surface area contributed by atoms with Crippen LogP contribution in [0.5, 0.6) is 0 Å². The van der Waals surface area contributed by atoms with Gasteiger partial charge in [-0.15, -0.1) is 0 Å². The van der Waals surface area contributed by atoms with Crippen molar-refractivity contribution in [2.75, 3.05) is 11.9 Å². The molecular formula is C28H23F3N6O. The molecule has 4 aromatic rings. The van der Waals surface area contributed by atoms with Gasteiger partial charge in [-0.3, -0.25) is 9.78 Å². The fourth-order valence-electron chi connectivity index (χ4n) is 4.14. The molecule has 38 heavy (non-hydrogen) atoms. The van der Waals surface area contributed by atoms with Gasteiger partial charge in [0.1, 0.15) is 5.69 Å². The van der Waals surface area contributed by atoms with Gasteiger partial charge in [0, 0.05) is 24.1 Å². The number of aromatic nitrogens is 3. The average Bonchev–Trinajstić information content (AvgIpc) is 3.63. The summed E-state index contributed by atoms with van der Waals surface area (Å²) in [6.07, 6.45) is 1.11. The van der Waals surface area contributed by atoms with E-state index in [9.17, 15) is 18.0 Å². The molecule has 0 spiro atoms. The van der Waals surface area contributed by atoms with Crippen molar-refractivity contribution >= 4 is 17.3 Å². The number of carbonyl (C=O) groups is 1. The minimum atomic E-state index is -4.75. The highest BCUT2D eigenvalue weighted by molar-refractivity contribution is 6.03. The number of amides is 1. The van der Waals surface area contributed by atoms with E-state index >= 15 is 0 Å². The normalized spacial score (nSPS) is 14.1. The molecule has 2 heterocycles. The van der Waals surface area contributed by atoms with Crippen LogP contribution in [0.25, 0.3) is 10.5 Å². The van der Waals surface area contributed by atoms with E-state index in [0.29, 0.717) is 17.7 Å². The van der Waals surface area contributed by atoms with Gasteiger partial charge in [0.2, 0.25) is 0 Å². The molecule has 0 bridgehead atoms. The van der Waals surface area contributed by atoms with Crippen molar-refractivity contribution in [3.8, 4) is 5.69 Å². The van der Waals surface area contributed by atoms with Gasteiger partial charge in [-0.2, -0.15) is 18.3 Å². The Balaban J connectivity index is 1.45. The first kappa shape index (κ1) is 25.2. The Morgan fingerprint density at radius 3 is 2.58 bits per heavy atom. The highest BCUT2D eigenvalue weighted by atomic mass is 19.4. The minimum absolute atomic E-state index is 0.167. The predicted octanol–water partition coefficient (Wildman–Crippen LogP) is 6.18. The summed E-state index contributed by atoms with van der Waals surface area (Å²) >= 11 is 0. The number of anilines is 1. The SMILES string of the molecule is [C-]#[N+]c1cccc(-n2nc(C(F)(F)F)cc2C(=O)Nc2cccc(C(NCC3CC3)c3cccnc3)c2)c1. The highest BCUT2D eigenvalue weighted by Crippen LogP contribution is 2.32. The second-order valence-electron chi connectivity index (χ2n) is 9.11. The van der Waals surface area contributed by atoms with Gasteiger partial charge in [-0.25, -0.2) is 9.53 Å². The lowest BCUT2D eigenvalue weighted by Gasteiger charge is -2.20. The molecule has 0 aliphatic heterocycles. The fourth-order valence-corrected chi connectivity index (χ4v) is 4.14. The molecule has 1 atom stereocenters. The Kier molecular flexibility index (Phi) is 6.94. The second kappa shape index (κ2) is 10.5. The largest absolute Gasteiger partial charge is 0.435 e. The molecular weight excluding hydrogens is 493 g/mol. The molecule has 0 saturated heterocycles. The first-order chi connectivity index (χ1) is 18.3. The standard InChI is InChI=1S/C28H23F3N6O/c1-32-21-7-3-9-23(14-21)37-24(15-25(36-37)28(29,30)31)27(38)35-22-8-2-5-19(13-22)26(34-16-18-10-11-18)20-6-4-12-33-17-20/h2-9,12-15,17-18,26,34H,10-11,16H2,(H,35,38). The van der Waals surface area contributed by atoms with Crippen molar-refractivity contribution in [1.29, 1.82) is 0 Å². The summed E-state index contributed by atoms with van der Waals surface area (Å²) in [4.78, 5) is 20.8. The molecule has 5 rings (SSSR count). The third kappa shape index (κ3) is 5.74. The zero-order valence-corrected chi connectivity index (χ0v) is 20.1. The third-order valence-electron chi connectivity index (χ3n) is 6.24. The number of benzene rings is 2. The summed E-state index contributed by atoms with van der Waals surface area (Å²) in [7, 11) is 0. The van der Waals surface area contributed by atoms with Crippen LogP contribution in [-0.2, 0) is 6.18 Å². The molecule has 2 aromatic heterocycles. The second-order valence-corrected chi connectivity index (χ2v) is 9.11. The van der Waals surface area contributed by atoms with Crippen molar-refractivity contribution in [3.05, 3.63) is 113 Å². The lowest BCUT2D eigenvalue weighted by atomic mass is 9.99. The van der Waals surface area contributed by atoms with E-state index < -0.39 is 17.8 Å². The number of halogens is 3. The van der Waals surface area contributed by atoms with E-state index in [0.717, 1.165) is 22.4 Å². The summed E-state index contributed by atoms with van der Waals surface area (Å²) in [6, 6.07) is 17.5. The lowest BCUT2D eigenvalue weighted by Crippen LogP contribution is -2.25. The molecule has 1 amide bonds. The van der Waals surface area contributed by atoms with E-state index in [1.165, 1.54) is 37.1 Å². The van der Waals surface area contributed by atoms with Crippen LogP contribution in [0.1, 0.15) is 46.2 Å². The summed E-state index contributed by atoms with van der Waals surface area (Å²) < 4.78 is 41.4. The van der Waals surface area contributed by atoms with Gasteiger partial charge in [0.25, 0.3) is 5.91 Å². The van der Waals surface area contributed by atoms with Crippen LogP contribution >= 0.6 is 0 Å². The number of hydrogen-bond donors (Lipinski definition) is 2. The van der Waals surface area contributed by atoms with Crippen LogP contribution in [0, 0.1) is 12.5 Å². The molecule has 2 aromatic carbocycles. The summed E-state index contributed by atoms with van der Waals surface area (Å²) in [5.74, 6) is -0.122. The Labute approximate surface area is 217 Å². The first-order valence-corrected chi connectivity index (χ1v) is 12.0. The Morgan fingerprint density at radius 1 is 1.08 bits per heavy atom. The lowest BCUT2D eigenvalue weighted by molar-refractivity contribution is -0.141. The Bertz CT molecular complexity index is 1490. The van der Waals surface area contributed by atoms with Crippen molar-refractivity contribution < 1.29 is 18.0 Å². The summed E-state index contributed by atoms with van der Waals surface area (Å²) in [5.41, 5.74) is 1.14. The van der Waals surface area contributed by atoms with Gasteiger partial charge >= 0.3 is 6.18 Å². The molecule has 1 aliphatic rings. The van der Waals surface area contributed by atoms with E-state index in [4.69, 9.17) is 6.57 Å². The van der Waals surface area contributed by atoms with Gasteiger partial charge in [0.15, 0.2) is 11.4 Å². The molecule has 0 radical (unpaired) electrons. The monoisotopic (exact) mass is 516 g/mol. The molecule has 1 saturated carbocycles. The van der Waals surface area contributed by atoms with Crippen molar-refractivity contribution in [2.24, 2.45) is 5.92 Å². The number of alkyl halides is 3. The third-order valence-corrected chi connectivity index (χ3v) is 6.24.